The summed E-state index contributed by atoms with van der Waals surface area (Å²) in [5, 5.41) is 14.6. The van der Waals surface area contributed by atoms with Crippen LogP contribution in [0.25, 0.3) is 5.69 Å². The second-order valence-electron chi connectivity index (χ2n) is 5.77. The molecule has 2 aromatic rings. The Hall–Kier alpha value is -1.32. The average Bonchev–Trinajstić information content (AvgIpc) is 2.67. The maximum atomic E-state index is 9.53. The maximum absolute atomic E-state index is 9.53. The minimum atomic E-state index is -0.155. The van der Waals surface area contributed by atoms with Gasteiger partial charge in [0.15, 0.2) is 0 Å². The van der Waals surface area contributed by atoms with Crippen LogP contribution in [0.3, 0.4) is 0 Å². The molecule has 0 saturated heterocycles. The molecule has 0 fully saturated rings. The third-order valence-electron chi connectivity index (χ3n) is 3.07. The second kappa shape index (κ2) is 4.99. The van der Waals surface area contributed by atoms with Gasteiger partial charge in [-0.05, 0) is 19.1 Å². The number of hydrogen-bond donors (Lipinski definition) is 1. The minimum absolute atomic E-state index is 0.0999. The van der Waals surface area contributed by atoms with E-state index in [-0.39, 0.29) is 12.0 Å². The number of benzene rings is 1. The summed E-state index contributed by atoms with van der Waals surface area (Å²) >= 11 is 6.35. The predicted molar refractivity (Wildman–Crippen MR) is 77.9 cm³/mol. The summed E-state index contributed by atoms with van der Waals surface area (Å²) < 4.78 is 1.69. The van der Waals surface area contributed by atoms with Gasteiger partial charge in [-0.15, -0.1) is 0 Å². The van der Waals surface area contributed by atoms with Gasteiger partial charge in [-0.3, -0.25) is 0 Å². The van der Waals surface area contributed by atoms with Crippen molar-refractivity contribution in [3.63, 3.8) is 0 Å². The molecule has 0 bridgehead atoms. The standard InChI is InChI=1S/C15H19ClN2O/c1-10-5-7-11(8-6-10)18-14(16)12(9-19)13(17-18)15(2,3)4/h5-8,19H,9H2,1-4H3. The van der Waals surface area contributed by atoms with Crippen LogP contribution in [0.2, 0.25) is 5.15 Å². The number of hydrogen-bond acceptors (Lipinski definition) is 2. The van der Waals surface area contributed by atoms with Gasteiger partial charge in [-0.25, -0.2) is 4.68 Å². The summed E-state index contributed by atoms with van der Waals surface area (Å²) in [5.74, 6) is 0. The molecule has 1 aromatic carbocycles. The molecule has 0 aliphatic rings. The van der Waals surface area contributed by atoms with Crippen molar-refractivity contribution in [1.82, 2.24) is 9.78 Å². The van der Waals surface area contributed by atoms with E-state index in [4.69, 9.17) is 11.6 Å². The zero-order valence-corrected chi connectivity index (χ0v) is 12.5. The summed E-state index contributed by atoms with van der Waals surface area (Å²) in [7, 11) is 0. The average molecular weight is 279 g/mol. The number of aromatic nitrogens is 2. The molecule has 0 atom stereocenters. The lowest BCUT2D eigenvalue weighted by atomic mass is 9.90. The molecule has 0 unspecified atom stereocenters. The van der Waals surface area contributed by atoms with Gasteiger partial charge in [-0.1, -0.05) is 50.1 Å². The third-order valence-corrected chi connectivity index (χ3v) is 3.46. The normalized spacial score (nSPS) is 11.9. The molecule has 2 rings (SSSR count). The van der Waals surface area contributed by atoms with Crippen molar-refractivity contribution in [3.05, 3.63) is 46.2 Å². The molecule has 19 heavy (non-hydrogen) atoms. The first-order chi connectivity index (χ1) is 8.84. The molecule has 1 aromatic heterocycles. The molecule has 0 radical (unpaired) electrons. The van der Waals surface area contributed by atoms with Gasteiger partial charge in [0.25, 0.3) is 0 Å². The van der Waals surface area contributed by atoms with Crippen LogP contribution in [0.4, 0.5) is 0 Å². The van der Waals surface area contributed by atoms with E-state index in [1.807, 2.05) is 31.2 Å². The highest BCUT2D eigenvalue weighted by molar-refractivity contribution is 6.30. The van der Waals surface area contributed by atoms with Crippen LogP contribution >= 0.6 is 11.6 Å². The fourth-order valence-electron chi connectivity index (χ4n) is 2.03. The zero-order chi connectivity index (χ0) is 14.2. The number of rotatable bonds is 2. The fraction of sp³-hybridized carbons (Fsp3) is 0.400. The largest absolute Gasteiger partial charge is 0.391 e. The molecule has 3 nitrogen and oxygen atoms in total. The molecular formula is C15H19ClN2O. The van der Waals surface area contributed by atoms with E-state index in [0.29, 0.717) is 10.7 Å². The van der Waals surface area contributed by atoms with Gasteiger partial charge < -0.3 is 5.11 Å². The van der Waals surface area contributed by atoms with Gasteiger partial charge in [0.05, 0.1) is 18.0 Å². The van der Waals surface area contributed by atoms with E-state index in [0.717, 1.165) is 11.4 Å². The smallest absolute Gasteiger partial charge is 0.138 e. The van der Waals surface area contributed by atoms with Crippen LogP contribution in [-0.2, 0) is 12.0 Å². The highest BCUT2D eigenvalue weighted by Crippen LogP contribution is 2.31. The molecule has 4 heteroatoms. The summed E-state index contributed by atoms with van der Waals surface area (Å²) in [6.45, 7) is 8.12. The molecular weight excluding hydrogens is 260 g/mol. The Bertz CT molecular complexity index is 579. The molecule has 0 amide bonds. The van der Waals surface area contributed by atoms with Crippen molar-refractivity contribution in [2.75, 3.05) is 0 Å². The van der Waals surface area contributed by atoms with Crippen molar-refractivity contribution < 1.29 is 5.11 Å². The number of halogens is 1. The molecule has 0 saturated carbocycles. The third kappa shape index (κ3) is 2.67. The highest BCUT2D eigenvalue weighted by Gasteiger charge is 2.25. The van der Waals surface area contributed by atoms with Crippen LogP contribution in [0.5, 0.6) is 0 Å². The SMILES string of the molecule is Cc1ccc(-n2nc(C(C)(C)C)c(CO)c2Cl)cc1. The summed E-state index contributed by atoms with van der Waals surface area (Å²) in [6, 6.07) is 7.98. The van der Waals surface area contributed by atoms with Crippen LogP contribution in [0.15, 0.2) is 24.3 Å². The van der Waals surface area contributed by atoms with E-state index in [1.165, 1.54) is 5.56 Å². The van der Waals surface area contributed by atoms with Gasteiger partial charge in [-0.2, -0.15) is 5.10 Å². The number of nitrogens with zero attached hydrogens (tertiary/aromatic N) is 2. The fourth-order valence-corrected chi connectivity index (χ4v) is 2.31. The zero-order valence-electron chi connectivity index (χ0n) is 11.7. The van der Waals surface area contributed by atoms with Crippen LogP contribution in [0, 0.1) is 6.92 Å². The molecule has 1 N–H and O–H groups in total. The number of aliphatic hydroxyl groups excluding tert-OH is 1. The van der Waals surface area contributed by atoms with Crippen LogP contribution in [-0.4, -0.2) is 14.9 Å². The number of aliphatic hydroxyl groups is 1. The van der Waals surface area contributed by atoms with E-state index in [2.05, 4.69) is 25.9 Å². The lowest BCUT2D eigenvalue weighted by Gasteiger charge is -2.16. The second-order valence-corrected chi connectivity index (χ2v) is 6.13. The van der Waals surface area contributed by atoms with Crippen molar-refractivity contribution in [1.29, 1.82) is 0 Å². The van der Waals surface area contributed by atoms with Gasteiger partial charge in [0, 0.05) is 11.0 Å². The predicted octanol–water partition coefficient (Wildman–Crippen LogP) is 3.62. The number of aryl methyl sites for hydroxylation is 1. The monoisotopic (exact) mass is 278 g/mol. The van der Waals surface area contributed by atoms with E-state index >= 15 is 0 Å². The van der Waals surface area contributed by atoms with Crippen molar-refractivity contribution >= 4 is 11.6 Å². The summed E-state index contributed by atoms with van der Waals surface area (Å²) in [6.07, 6.45) is 0. The minimum Gasteiger partial charge on any atom is -0.391 e. The van der Waals surface area contributed by atoms with Gasteiger partial charge >= 0.3 is 0 Å². The summed E-state index contributed by atoms with van der Waals surface area (Å²) in [5.41, 5.74) is 3.47. The van der Waals surface area contributed by atoms with E-state index in [9.17, 15) is 5.11 Å². The Morgan fingerprint density at radius 2 is 1.79 bits per heavy atom. The molecule has 102 valence electrons. The van der Waals surface area contributed by atoms with Crippen LogP contribution in [0.1, 0.15) is 37.6 Å². The molecule has 1 heterocycles. The maximum Gasteiger partial charge on any atom is 0.138 e. The first-order valence-electron chi connectivity index (χ1n) is 6.30. The van der Waals surface area contributed by atoms with E-state index in [1.54, 1.807) is 4.68 Å². The van der Waals surface area contributed by atoms with Crippen LogP contribution < -0.4 is 0 Å². The first kappa shape index (κ1) is 14.1. The van der Waals surface area contributed by atoms with Gasteiger partial charge in [0.2, 0.25) is 0 Å². The Kier molecular flexibility index (Phi) is 3.70. The quantitative estimate of drug-likeness (QED) is 0.911. The Labute approximate surface area is 118 Å². The lowest BCUT2D eigenvalue weighted by Crippen LogP contribution is -2.14. The first-order valence-corrected chi connectivity index (χ1v) is 6.68. The highest BCUT2D eigenvalue weighted by atomic mass is 35.5. The van der Waals surface area contributed by atoms with Crippen molar-refractivity contribution in [3.8, 4) is 5.69 Å². The topological polar surface area (TPSA) is 38.0 Å². The van der Waals surface area contributed by atoms with Crippen molar-refractivity contribution in [2.45, 2.75) is 39.7 Å². The lowest BCUT2D eigenvalue weighted by molar-refractivity contribution is 0.278. The van der Waals surface area contributed by atoms with Gasteiger partial charge in [0.1, 0.15) is 5.15 Å². The molecule has 0 aliphatic carbocycles. The Balaban J connectivity index is 2.59. The molecule has 0 aliphatic heterocycles. The Morgan fingerprint density at radius 3 is 2.21 bits per heavy atom. The van der Waals surface area contributed by atoms with Crippen molar-refractivity contribution in [2.24, 2.45) is 0 Å². The molecule has 0 spiro atoms. The van der Waals surface area contributed by atoms with E-state index < -0.39 is 0 Å². The summed E-state index contributed by atoms with van der Waals surface area (Å²) in [4.78, 5) is 0. The Morgan fingerprint density at radius 1 is 1.21 bits per heavy atom.